The highest BCUT2D eigenvalue weighted by Gasteiger charge is 2.17. The molecule has 0 aliphatic heterocycles. The first kappa shape index (κ1) is 31.4. The molecule has 2 heterocycles. The Bertz CT molecular complexity index is 1050. The van der Waals surface area contributed by atoms with Crippen molar-refractivity contribution in [1.29, 1.82) is 0 Å². The van der Waals surface area contributed by atoms with Crippen LogP contribution in [0.25, 0.3) is 0 Å². The van der Waals surface area contributed by atoms with Gasteiger partial charge in [0.1, 0.15) is 11.1 Å². The Hall–Kier alpha value is -2.58. The molecule has 2 aromatic heterocycles. The monoisotopic (exact) mass is 618 g/mol. The zero-order valence-corrected chi connectivity index (χ0v) is 24.7. The van der Waals surface area contributed by atoms with Crippen LogP contribution < -0.4 is 43.1 Å². The van der Waals surface area contributed by atoms with E-state index in [1.807, 2.05) is 95.7 Å². The molecule has 0 bridgehead atoms. The molecule has 3 aromatic rings. The molecule has 3 rings (SSSR count). The van der Waals surface area contributed by atoms with Crippen molar-refractivity contribution in [2.24, 2.45) is 0 Å². The number of aromatic nitrogens is 2. The second-order valence-electron chi connectivity index (χ2n) is 8.30. The Morgan fingerprint density at radius 1 is 0.639 bits per heavy atom. The van der Waals surface area contributed by atoms with Gasteiger partial charge in [-0.15, -0.1) is 0 Å². The van der Waals surface area contributed by atoms with E-state index in [1.165, 1.54) is 0 Å². The van der Waals surface area contributed by atoms with Gasteiger partial charge in [0, 0.05) is 49.4 Å². The lowest BCUT2D eigenvalue weighted by atomic mass is 10.1. The van der Waals surface area contributed by atoms with Gasteiger partial charge in [0.25, 0.3) is 11.8 Å². The SMILES string of the molecule is CCN(CC)C(=O)c1ccc[n+](Cc2cccc(C[n+]3cccc(C(=O)N(CC)CC)c3)c2)c1.[Br-].[Br-]. The molecular weight excluding hydrogens is 584 g/mol. The van der Waals surface area contributed by atoms with Crippen molar-refractivity contribution in [2.75, 3.05) is 26.2 Å². The molecule has 0 aliphatic carbocycles. The quantitative estimate of drug-likeness (QED) is 0.233. The van der Waals surface area contributed by atoms with Gasteiger partial charge in [0.15, 0.2) is 37.9 Å². The molecule has 0 atom stereocenters. The predicted octanol–water partition coefficient (Wildman–Crippen LogP) is -2.67. The third-order valence-corrected chi connectivity index (χ3v) is 6.03. The summed E-state index contributed by atoms with van der Waals surface area (Å²) in [5.74, 6) is 0.118. The second-order valence-corrected chi connectivity index (χ2v) is 8.30. The number of hydrogen-bond donors (Lipinski definition) is 0. The number of benzene rings is 1. The van der Waals surface area contributed by atoms with E-state index in [0.29, 0.717) is 50.4 Å². The fraction of sp³-hybridized carbons (Fsp3) is 0.357. The summed E-state index contributed by atoms with van der Waals surface area (Å²) in [6, 6.07) is 16.0. The molecule has 0 saturated carbocycles. The third-order valence-electron chi connectivity index (χ3n) is 6.03. The molecule has 0 spiro atoms. The Kier molecular flexibility index (Phi) is 13.6. The van der Waals surface area contributed by atoms with E-state index in [-0.39, 0.29) is 45.8 Å². The molecule has 194 valence electrons. The Morgan fingerprint density at radius 3 is 1.39 bits per heavy atom. The Labute approximate surface area is 236 Å². The number of nitrogens with zero attached hydrogens (tertiary/aromatic N) is 4. The maximum Gasteiger partial charge on any atom is 0.259 e. The van der Waals surface area contributed by atoms with Crippen LogP contribution in [0.1, 0.15) is 59.5 Å². The van der Waals surface area contributed by atoms with Crippen LogP contribution in [0.2, 0.25) is 0 Å². The minimum Gasteiger partial charge on any atom is -1.00 e. The molecule has 0 saturated heterocycles. The highest BCUT2D eigenvalue weighted by molar-refractivity contribution is 5.94. The number of rotatable bonds is 10. The van der Waals surface area contributed by atoms with E-state index in [1.54, 1.807) is 0 Å². The van der Waals surface area contributed by atoms with Crippen LogP contribution in [-0.4, -0.2) is 47.8 Å². The van der Waals surface area contributed by atoms with Gasteiger partial charge in [-0.05, 0) is 45.9 Å². The van der Waals surface area contributed by atoms with E-state index in [9.17, 15) is 9.59 Å². The first-order valence-corrected chi connectivity index (χ1v) is 12.1. The van der Waals surface area contributed by atoms with Gasteiger partial charge in [-0.25, -0.2) is 0 Å². The first-order valence-electron chi connectivity index (χ1n) is 12.1. The summed E-state index contributed by atoms with van der Waals surface area (Å²) in [6.45, 7) is 12.1. The van der Waals surface area contributed by atoms with Gasteiger partial charge in [0.2, 0.25) is 0 Å². The Balaban J connectivity index is 0.00000324. The van der Waals surface area contributed by atoms with Crippen molar-refractivity contribution < 1.29 is 52.7 Å². The number of halogens is 2. The molecule has 6 nitrogen and oxygen atoms in total. The number of amides is 2. The zero-order chi connectivity index (χ0) is 24.5. The van der Waals surface area contributed by atoms with Crippen LogP contribution in [0.15, 0.2) is 73.3 Å². The summed E-state index contributed by atoms with van der Waals surface area (Å²) in [5.41, 5.74) is 3.72. The minimum absolute atomic E-state index is 0. The Morgan fingerprint density at radius 2 is 1.03 bits per heavy atom. The lowest BCUT2D eigenvalue weighted by Crippen LogP contribution is -3.00. The minimum atomic E-state index is 0. The summed E-state index contributed by atoms with van der Waals surface area (Å²) in [5, 5.41) is 0. The van der Waals surface area contributed by atoms with E-state index in [2.05, 4.69) is 24.3 Å². The molecule has 0 fully saturated rings. The first-order chi connectivity index (χ1) is 16.5. The van der Waals surface area contributed by atoms with Crippen molar-refractivity contribution in [3.05, 3.63) is 95.6 Å². The van der Waals surface area contributed by atoms with Crippen LogP contribution in [0.3, 0.4) is 0 Å². The standard InChI is InChI=1S/C28H36N4O2.2BrH/c1-5-31(6-2)27(33)25-14-10-16-29(21-25)19-23-12-9-13-24(18-23)20-30-17-11-15-26(22-30)28(34)32(7-3)8-4;;/h9-18,21-22H,5-8,19-20H2,1-4H3;2*1H/q+2;;/p-2. The molecule has 36 heavy (non-hydrogen) atoms. The number of carbonyl (C=O) groups is 2. The van der Waals surface area contributed by atoms with Gasteiger partial charge in [-0.3, -0.25) is 9.59 Å². The van der Waals surface area contributed by atoms with E-state index >= 15 is 0 Å². The predicted molar refractivity (Wildman–Crippen MR) is 132 cm³/mol. The topological polar surface area (TPSA) is 48.4 Å². The summed E-state index contributed by atoms with van der Waals surface area (Å²) in [6.07, 6.45) is 7.82. The van der Waals surface area contributed by atoms with Crippen molar-refractivity contribution in [1.82, 2.24) is 9.80 Å². The summed E-state index contributed by atoms with van der Waals surface area (Å²) in [4.78, 5) is 29.1. The van der Waals surface area contributed by atoms with Gasteiger partial charge < -0.3 is 43.8 Å². The molecule has 0 N–H and O–H groups in total. The van der Waals surface area contributed by atoms with Crippen LogP contribution in [0, 0.1) is 0 Å². The molecule has 8 heteroatoms. The van der Waals surface area contributed by atoms with E-state index in [4.69, 9.17) is 0 Å². The molecule has 0 unspecified atom stereocenters. The van der Waals surface area contributed by atoms with Gasteiger partial charge in [-0.1, -0.05) is 18.2 Å². The van der Waals surface area contributed by atoms with Crippen molar-refractivity contribution in [3.63, 3.8) is 0 Å². The maximum absolute atomic E-state index is 12.7. The lowest BCUT2D eigenvalue weighted by molar-refractivity contribution is -0.689. The van der Waals surface area contributed by atoms with Crippen molar-refractivity contribution in [3.8, 4) is 0 Å². The van der Waals surface area contributed by atoms with Gasteiger partial charge in [-0.2, -0.15) is 9.13 Å². The molecule has 0 radical (unpaired) electrons. The van der Waals surface area contributed by atoms with Crippen molar-refractivity contribution >= 4 is 11.8 Å². The largest absolute Gasteiger partial charge is 1.00 e. The average molecular weight is 620 g/mol. The highest BCUT2D eigenvalue weighted by atomic mass is 79.9. The fourth-order valence-electron chi connectivity index (χ4n) is 4.13. The number of pyridine rings is 2. The highest BCUT2D eigenvalue weighted by Crippen LogP contribution is 2.08. The zero-order valence-electron chi connectivity index (χ0n) is 21.5. The lowest BCUT2D eigenvalue weighted by Gasteiger charge is -2.17. The fourth-order valence-corrected chi connectivity index (χ4v) is 4.13. The number of hydrogen-bond acceptors (Lipinski definition) is 2. The molecular formula is C28H36Br2N4O2. The maximum atomic E-state index is 12.7. The van der Waals surface area contributed by atoms with E-state index < -0.39 is 0 Å². The average Bonchev–Trinajstić information content (AvgIpc) is 2.86. The van der Waals surface area contributed by atoms with Gasteiger partial charge >= 0.3 is 0 Å². The number of carbonyl (C=O) groups excluding carboxylic acids is 2. The van der Waals surface area contributed by atoms with Crippen LogP contribution >= 0.6 is 0 Å². The smallest absolute Gasteiger partial charge is 0.259 e. The summed E-state index contributed by atoms with van der Waals surface area (Å²) in [7, 11) is 0. The van der Waals surface area contributed by atoms with E-state index in [0.717, 1.165) is 11.1 Å². The van der Waals surface area contributed by atoms with Crippen LogP contribution in [0.4, 0.5) is 0 Å². The molecule has 1 aromatic carbocycles. The van der Waals surface area contributed by atoms with Crippen LogP contribution in [0.5, 0.6) is 0 Å². The summed E-state index contributed by atoms with van der Waals surface area (Å²) >= 11 is 0. The normalized spacial score (nSPS) is 10.1. The van der Waals surface area contributed by atoms with Gasteiger partial charge in [0.05, 0.1) is 0 Å². The molecule has 2 amide bonds. The van der Waals surface area contributed by atoms with Crippen molar-refractivity contribution in [2.45, 2.75) is 40.8 Å². The third kappa shape index (κ3) is 8.23. The second kappa shape index (κ2) is 15.5. The summed E-state index contributed by atoms with van der Waals surface area (Å²) < 4.78 is 4.10. The molecule has 0 aliphatic rings. The van der Waals surface area contributed by atoms with Crippen LogP contribution in [-0.2, 0) is 13.1 Å².